The lowest BCUT2D eigenvalue weighted by Gasteiger charge is -2.05. The lowest BCUT2D eigenvalue weighted by molar-refractivity contribution is -0.143. The average molecular weight is 385 g/mol. The Morgan fingerprint density at radius 1 is 0.593 bits per heavy atom. The van der Waals surface area contributed by atoms with Crippen LogP contribution in [-0.2, 0) is 9.53 Å². The third kappa shape index (κ3) is 23.4. The van der Waals surface area contributed by atoms with Gasteiger partial charge in [-0.15, -0.1) is 0 Å². The molecule has 3 nitrogen and oxygen atoms in total. The molecule has 1 N–H and O–H groups in total. The molecule has 0 aromatic heterocycles. The number of aliphatic hydroxyl groups excluding tert-OH is 1. The molecule has 0 atom stereocenters. The molecule has 162 valence electrons. The molecule has 0 aromatic rings. The smallest absolute Gasteiger partial charge is 0.305 e. The third-order valence-electron chi connectivity index (χ3n) is 5.30. The van der Waals surface area contributed by atoms with Crippen molar-refractivity contribution in [3.05, 3.63) is 0 Å². The molecule has 0 heterocycles. The zero-order valence-corrected chi connectivity index (χ0v) is 18.3. The van der Waals surface area contributed by atoms with Crippen LogP contribution < -0.4 is 0 Å². The zero-order valence-electron chi connectivity index (χ0n) is 18.3. The summed E-state index contributed by atoms with van der Waals surface area (Å²) >= 11 is 0. The fourth-order valence-electron chi connectivity index (χ4n) is 3.47. The minimum atomic E-state index is -0.00924. The maximum atomic E-state index is 11.7. The second-order valence-corrected chi connectivity index (χ2v) is 8.06. The fraction of sp³-hybridized carbons (Fsp3) is 0.958. The first-order valence-corrected chi connectivity index (χ1v) is 12.1. The van der Waals surface area contributed by atoms with Crippen LogP contribution in [0.1, 0.15) is 135 Å². The van der Waals surface area contributed by atoms with Crippen LogP contribution in [-0.4, -0.2) is 24.3 Å². The molecule has 0 aromatic carbocycles. The third-order valence-corrected chi connectivity index (χ3v) is 5.30. The summed E-state index contributed by atoms with van der Waals surface area (Å²) in [6.45, 7) is 3.17. The number of hydrogen-bond donors (Lipinski definition) is 1. The van der Waals surface area contributed by atoms with Gasteiger partial charge in [0, 0.05) is 13.0 Å². The molecule has 0 radical (unpaired) electrons. The van der Waals surface area contributed by atoms with Gasteiger partial charge in [-0.25, -0.2) is 0 Å². The molecule has 0 unspecified atom stereocenters. The van der Waals surface area contributed by atoms with Gasteiger partial charge in [0.25, 0.3) is 0 Å². The van der Waals surface area contributed by atoms with Crippen LogP contribution in [0.3, 0.4) is 0 Å². The fourth-order valence-corrected chi connectivity index (χ4v) is 3.47. The number of rotatable bonds is 22. The second-order valence-electron chi connectivity index (χ2n) is 8.06. The van der Waals surface area contributed by atoms with E-state index >= 15 is 0 Å². The predicted octanol–water partition coefficient (Wildman–Crippen LogP) is 7.34. The molecule has 27 heavy (non-hydrogen) atoms. The Labute approximate surface area is 169 Å². The Morgan fingerprint density at radius 3 is 1.48 bits per heavy atom. The van der Waals surface area contributed by atoms with Gasteiger partial charge in [-0.1, -0.05) is 110 Å². The average Bonchev–Trinajstić information content (AvgIpc) is 2.67. The Balaban J connectivity index is 3.13. The van der Waals surface area contributed by atoms with Crippen LogP contribution in [0.5, 0.6) is 0 Å². The van der Waals surface area contributed by atoms with Crippen molar-refractivity contribution < 1.29 is 14.6 Å². The van der Waals surface area contributed by atoms with E-state index < -0.39 is 0 Å². The van der Waals surface area contributed by atoms with Crippen molar-refractivity contribution in [1.29, 1.82) is 0 Å². The highest BCUT2D eigenvalue weighted by Crippen LogP contribution is 2.13. The topological polar surface area (TPSA) is 46.5 Å². The molecular weight excluding hydrogens is 336 g/mol. The first kappa shape index (κ1) is 26.4. The maximum Gasteiger partial charge on any atom is 0.305 e. The van der Waals surface area contributed by atoms with Crippen LogP contribution in [0.2, 0.25) is 0 Å². The normalized spacial score (nSPS) is 11.0. The Bertz CT molecular complexity index is 291. The van der Waals surface area contributed by atoms with Gasteiger partial charge in [0.1, 0.15) is 0 Å². The van der Waals surface area contributed by atoms with Crippen LogP contribution in [0.15, 0.2) is 0 Å². The molecule has 0 bridgehead atoms. The van der Waals surface area contributed by atoms with E-state index in [-0.39, 0.29) is 5.97 Å². The number of aliphatic hydroxyl groups is 1. The minimum absolute atomic E-state index is 0.00924. The minimum Gasteiger partial charge on any atom is -0.466 e. The summed E-state index contributed by atoms with van der Waals surface area (Å²) in [4.78, 5) is 11.7. The largest absolute Gasteiger partial charge is 0.466 e. The number of hydrogen-bond acceptors (Lipinski definition) is 3. The predicted molar refractivity (Wildman–Crippen MR) is 116 cm³/mol. The standard InChI is InChI=1S/C24H48O3/c1-2-3-4-5-6-7-8-9-10-12-15-18-21-24(26)27-23-20-17-14-11-13-16-19-22-25/h25H,2-23H2,1H3. The monoisotopic (exact) mass is 384 g/mol. The molecule has 0 rings (SSSR count). The van der Waals surface area contributed by atoms with Crippen LogP contribution >= 0.6 is 0 Å². The van der Waals surface area contributed by atoms with Crippen LogP contribution in [0.4, 0.5) is 0 Å². The Morgan fingerprint density at radius 2 is 1.00 bits per heavy atom. The number of ether oxygens (including phenoxy) is 1. The van der Waals surface area contributed by atoms with E-state index in [2.05, 4.69) is 6.92 Å². The quantitative estimate of drug-likeness (QED) is 0.157. The van der Waals surface area contributed by atoms with Crippen molar-refractivity contribution in [2.24, 2.45) is 0 Å². The number of carbonyl (C=O) groups is 1. The summed E-state index contributed by atoms with van der Waals surface area (Å²) in [5.74, 6) is -0.00924. The van der Waals surface area contributed by atoms with Crippen molar-refractivity contribution in [3.8, 4) is 0 Å². The summed E-state index contributed by atoms with van der Waals surface area (Å²) in [6, 6.07) is 0. The molecule has 0 spiro atoms. The molecule has 0 aliphatic rings. The highest BCUT2D eigenvalue weighted by molar-refractivity contribution is 5.69. The van der Waals surface area contributed by atoms with Crippen LogP contribution in [0.25, 0.3) is 0 Å². The summed E-state index contributed by atoms with van der Waals surface area (Å²) in [6.07, 6.45) is 24.3. The van der Waals surface area contributed by atoms with Gasteiger partial charge in [0.2, 0.25) is 0 Å². The van der Waals surface area contributed by atoms with Crippen molar-refractivity contribution >= 4 is 5.97 Å². The van der Waals surface area contributed by atoms with E-state index in [0.717, 1.165) is 32.1 Å². The molecule has 3 heteroatoms. The van der Waals surface area contributed by atoms with Crippen molar-refractivity contribution in [2.75, 3.05) is 13.2 Å². The molecule has 0 saturated carbocycles. The molecule has 0 amide bonds. The van der Waals surface area contributed by atoms with Gasteiger partial charge >= 0.3 is 5.97 Å². The van der Waals surface area contributed by atoms with E-state index in [1.54, 1.807) is 0 Å². The molecule has 0 saturated heterocycles. The van der Waals surface area contributed by atoms with Crippen molar-refractivity contribution in [3.63, 3.8) is 0 Å². The van der Waals surface area contributed by atoms with Gasteiger partial charge in [0.05, 0.1) is 6.61 Å². The first-order valence-electron chi connectivity index (χ1n) is 12.1. The Kier molecular flexibility index (Phi) is 23.0. The van der Waals surface area contributed by atoms with Crippen LogP contribution in [0, 0.1) is 0 Å². The zero-order chi connectivity index (χ0) is 19.8. The van der Waals surface area contributed by atoms with E-state index in [1.165, 1.54) is 89.9 Å². The summed E-state index contributed by atoms with van der Waals surface area (Å²) in [5, 5.41) is 8.71. The van der Waals surface area contributed by atoms with E-state index in [0.29, 0.717) is 19.6 Å². The molecular formula is C24H48O3. The van der Waals surface area contributed by atoms with Crippen molar-refractivity contribution in [1.82, 2.24) is 0 Å². The first-order chi connectivity index (χ1) is 13.3. The summed E-state index contributed by atoms with van der Waals surface area (Å²) in [5.41, 5.74) is 0. The second kappa shape index (κ2) is 23.5. The lowest BCUT2D eigenvalue weighted by Crippen LogP contribution is -2.05. The van der Waals surface area contributed by atoms with Gasteiger partial charge < -0.3 is 9.84 Å². The van der Waals surface area contributed by atoms with E-state index in [4.69, 9.17) is 9.84 Å². The van der Waals surface area contributed by atoms with E-state index in [9.17, 15) is 4.79 Å². The number of esters is 1. The van der Waals surface area contributed by atoms with Gasteiger partial charge in [0.15, 0.2) is 0 Å². The van der Waals surface area contributed by atoms with Crippen molar-refractivity contribution in [2.45, 2.75) is 135 Å². The lowest BCUT2D eigenvalue weighted by atomic mass is 10.0. The SMILES string of the molecule is CCCCCCCCCCCCCCC(=O)OCCCCCCCCCO. The number of unbranched alkanes of at least 4 members (excludes halogenated alkanes) is 17. The number of carbonyl (C=O) groups excluding carboxylic acids is 1. The highest BCUT2D eigenvalue weighted by atomic mass is 16.5. The van der Waals surface area contributed by atoms with Gasteiger partial charge in [-0.3, -0.25) is 4.79 Å². The highest BCUT2D eigenvalue weighted by Gasteiger charge is 2.02. The van der Waals surface area contributed by atoms with Gasteiger partial charge in [-0.05, 0) is 19.3 Å². The molecule has 0 aliphatic heterocycles. The molecule has 0 fully saturated rings. The maximum absolute atomic E-state index is 11.7. The summed E-state index contributed by atoms with van der Waals surface area (Å²) < 4.78 is 5.32. The summed E-state index contributed by atoms with van der Waals surface area (Å²) in [7, 11) is 0. The molecule has 0 aliphatic carbocycles. The van der Waals surface area contributed by atoms with E-state index in [1.807, 2.05) is 0 Å². The van der Waals surface area contributed by atoms with Gasteiger partial charge in [-0.2, -0.15) is 0 Å². The Hall–Kier alpha value is -0.570.